The minimum Gasteiger partial charge on any atom is -0.333 e. The summed E-state index contributed by atoms with van der Waals surface area (Å²) in [6.45, 7) is 0.862. The lowest BCUT2D eigenvalue weighted by molar-refractivity contribution is 0.252. The molecule has 1 aromatic heterocycles. The average Bonchev–Trinajstić information content (AvgIpc) is 3.26. The van der Waals surface area contributed by atoms with Crippen LogP contribution in [0.3, 0.4) is 0 Å². The molecule has 6 nitrogen and oxygen atoms in total. The maximum absolute atomic E-state index is 13.1. The molecule has 0 fully saturated rings. The maximum Gasteiger partial charge on any atom is 0.319 e. The van der Waals surface area contributed by atoms with E-state index in [1.807, 2.05) is 29.6 Å². The molecule has 2 N–H and O–H groups in total. The van der Waals surface area contributed by atoms with Gasteiger partial charge < -0.3 is 10.6 Å². The van der Waals surface area contributed by atoms with Gasteiger partial charge in [0.25, 0.3) is 10.0 Å². The van der Waals surface area contributed by atoms with E-state index in [0.717, 1.165) is 23.3 Å². The Balaban J connectivity index is 1.55. The van der Waals surface area contributed by atoms with Gasteiger partial charge in [0.05, 0.1) is 17.1 Å². The van der Waals surface area contributed by atoms with Gasteiger partial charge in [0, 0.05) is 17.1 Å². The standard InChI is InChI=1S/C21H21N3O3S2/c25-21(22-15-18-7-5-13-28-18)23-17-11-10-16-6-4-12-24(20(16)14-17)29(26,27)19-8-2-1-3-9-19/h1-3,5,7-11,13-14H,4,6,12,15H2,(H2,22,23,25). The fraction of sp³-hybridized carbons (Fsp3) is 0.190. The summed E-state index contributed by atoms with van der Waals surface area (Å²) in [6, 6.07) is 17.4. The predicted molar refractivity (Wildman–Crippen MR) is 116 cm³/mol. The number of sulfonamides is 1. The summed E-state index contributed by atoms with van der Waals surface area (Å²) in [7, 11) is -3.65. The molecule has 0 spiro atoms. The second-order valence-corrected chi connectivity index (χ2v) is 9.62. The van der Waals surface area contributed by atoms with Gasteiger partial charge in [-0.25, -0.2) is 13.2 Å². The lowest BCUT2D eigenvalue weighted by atomic mass is 10.0. The molecule has 29 heavy (non-hydrogen) atoms. The van der Waals surface area contributed by atoms with Gasteiger partial charge >= 0.3 is 6.03 Å². The summed E-state index contributed by atoms with van der Waals surface area (Å²) in [4.78, 5) is 13.6. The van der Waals surface area contributed by atoms with Crippen LogP contribution in [0.15, 0.2) is 70.9 Å². The van der Waals surface area contributed by atoms with Crippen molar-refractivity contribution in [3.05, 3.63) is 76.5 Å². The number of hydrogen-bond donors (Lipinski definition) is 2. The van der Waals surface area contributed by atoms with E-state index >= 15 is 0 Å². The van der Waals surface area contributed by atoms with Crippen molar-refractivity contribution in [1.29, 1.82) is 0 Å². The molecule has 0 radical (unpaired) electrons. The Morgan fingerprint density at radius 2 is 1.90 bits per heavy atom. The number of rotatable bonds is 5. The van der Waals surface area contributed by atoms with Crippen molar-refractivity contribution >= 4 is 38.8 Å². The number of fused-ring (bicyclic) bond motifs is 1. The van der Waals surface area contributed by atoms with Gasteiger partial charge in [-0.3, -0.25) is 4.31 Å². The number of benzene rings is 2. The van der Waals surface area contributed by atoms with E-state index in [-0.39, 0.29) is 10.9 Å². The lowest BCUT2D eigenvalue weighted by Gasteiger charge is -2.31. The summed E-state index contributed by atoms with van der Waals surface area (Å²) in [5.74, 6) is 0. The summed E-state index contributed by atoms with van der Waals surface area (Å²) in [5, 5.41) is 7.57. The van der Waals surface area contributed by atoms with Crippen molar-refractivity contribution in [2.45, 2.75) is 24.3 Å². The largest absolute Gasteiger partial charge is 0.333 e. The zero-order valence-electron chi connectivity index (χ0n) is 15.7. The molecule has 0 atom stereocenters. The first kappa shape index (κ1) is 19.5. The van der Waals surface area contributed by atoms with E-state index in [1.54, 1.807) is 47.7 Å². The second kappa shape index (κ2) is 8.26. The first-order chi connectivity index (χ1) is 14.0. The number of urea groups is 1. The third-order valence-corrected chi connectivity index (χ3v) is 7.46. The minimum atomic E-state index is -3.65. The number of hydrogen-bond acceptors (Lipinski definition) is 4. The lowest BCUT2D eigenvalue weighted by Crippen LogP contribution is -2.35. The molecule has 150 valence electrons. The Kier molecular flexibility index (Phi) is 5.55. The number of anilines is 2. The highest BCUT2D eigenvalue weighted by Gasteiger charge is 2.29. The summed E-state index contributed by atoms with van der Waals surface area (Å²) in [5.41, 5.74) is 2.14. The number of thiophene rings is 1. The molecule has 8 heteroatoms. The highest BCUT2D eigenvalue weighted by Crippen LogP contribution is 2.34. The highest BCUT2D eigenvalue weighted by molar-refractivity contribution is 7.92. The first-order valence-electron chi connectivity index (χ1n) is 9.32. The number of nitrogens with one attached hydrogen (secondary N) is 2. The topological polar surface area (TPSA) is 78.5 Å². The van der Waals surface area contributed by atoms with Crippen LogP contribution in [0.1, 0.15) is 16.9 Å². The van der Waals surface area contributed by atoms with Crippen LogP contribution < -0.4 is 14.9 Å². The van der Waals surface area contributed by atoms with E-state index in [9.17, 15) is 13.2 Å². The van der Waals surface area contributed by atoms with Gasteiger partial charge in [-0.1, -0.05) is 30.3 Å². The average molecular weight is 428 g/mol. The van der Waals surface area contributed by atoms with Crippen molar-refractivity contribution in [1.82, 2.24) is 5.32 Å². The zero-order chi connectivity index (χ0) is 20.3. The van der Waals surface area contributed by atoms with Gasteiger partial charge in [-0.15, -0.1) is 11.3 Å². The van der Waals surface area contributed by atoms with Gasteiger partial charge in [-0.2, -0.15) is 0 Å². The summed E-state index contributed by atoms with van der Waals surface area (Å²) < 4.78 is 27.7. The third kappa shape index (κ3) is 4.28. The molecular formula is C21H21N3O3S2. The van der Waals surface area contributed by atoms with E-state index in [1.165, 1.54) is 4.31 Å². The number of aryl methyl sites for hydroxylation is 1. The van der Waals surface area contributed by atoms with Gasteiger partial charge in [0.15, 0.2) is 0 Å². The monoisotopic (exact) mass is 427 g/mol. The molecule has 0 unspecified atom stereocenters. The van der Waals surface area contributed by atoms with Crippen LogP contribution in [-0.4, -0.2) is 21.0 Å². The first-order valence-corrected chi connectivity index (χ1v) is 11.6. The van der Waals surface area contributed by atoms with E-state index in [0.29, 0.717) is 24.5 Å². The molecule has 2 heterocycles. The van der Waals surface area contributed by atoms with Crippen molar-refractivity contribution in [2.75, 3.05) is 16.2 Å². The van der Waals surface area contributed by atoms with Crippen LogP contribution >= 0.6 is 11.3 Å². The molecule has 3 aromatic rings. The number of carbonyl (C=O) groups excluding carboxylic acids is 1. The van der Waals surface area contributed by atoms with Crippen molar-refractivity contribution in [3.8, 4) is 0 Å². The fourth-order valence-electron chi connectivity index (χ4n) is 3.34. The fourth-order valence-corrected chi connectivity index (χ4v) is 5.54. The van der Waals surface area contributed by atoms with Crippen molar-refractivity contribution in [2.24, 2.45) is 0 Å². The molecule has 4 rings (SSSR count). The van der Waals surface area contributed by atoms with Gasteiger partial charge in [0.1, 0.15) is 0 Å². The SMILES string of the molecule is O=C(NCc1cccs1)Nc1ccc2c(c1)N(S(=O)(=O)c1ccccc1)CCC2. The van der Waals surface area contributed by atoms with Crippen LogP contribution in [0.4, 0.5) is 16.2 Å². The normalized spacial score (nSPS) is 13.6. The smallest absolute Gasteiger partial charge is 0.319 e. The molecule has 0 aliphatic carbocycles. The quantitative estimate of drug-likeness (QED) is 0.640. The third-order valence-electron chi connectivity index (χ3n) is 4.75. The number of amides is 2. The summed E-state index contributed by atoms with van der Waals surface area (Å²) in [6.07, 6.45) is 1.56. The van der Waals surface area contributed by atoms with Crippen LogP contribution in [-0.2, 0) is 23.0 Å². The summed E-state index contributed by atoms with van der Waals surface area (Å²) >= 11 is 1.57. The second-order valence-electron chi connectivity index (χ2n) is 6.72. The predicted octanol–water partition coefficient (Wildman–Crippen LogP) is 4.21. The van der Waals surface area contributed by atoms with Gasteiger partial charge in [0.2, 0.25) is 0 Å². The van der Waals surface area contributed by atoms with Crippen LogP contribution in [0.5, 0.6) is 0 Å². The Labute approximate surface area is 174 Å². The van der Waals surface area contributed by atoms with Crippen molar-refractivity contribution < 1.29 is 13.2 Å². The van der Waals surface area contributed by atoms with E-state index in [2.05, 4.69) is 10.6 Å². The molecule has 1 aliphatic rings. The molecule has 1 aliphatic heterocycles. The molecule has 0 bridgehead atoms. The minimum absolute atomic E-state index is 0.264. The van der Waals surface area contributed by atoms with E-state index in [4.69, 9.17) is 0 Å². The molecule has 2 amide bonds. The molecule has 2 aromatic carbocycles. The molecular weight excluding hydrogens is 406 g/mol. The number of nitrogens with zero attached hydrogens (tertiary/aromatic N) is 1. The number of carbonyl (C=O) groups is 1. The van der Waals surface area contributed by atoms with E-state index < -0.39 is 10.0 Å². The van der Waals surface area contributed by atoms with Gasteiger partial charge in [-0.05, 0) is 54.1 Å². The van der Waals surface area contributed by atoms with Crippen LogP contribution in [0.2, 0.25) is 0 Å². The maximum atomic E-state index is 13.1. The Morgan fingerprint density at radius 1 is 1.07 bits per heavy atom. The van der Waals surface area contributed by atoms with Crippen LogP contribution in [0.25, 0.3) is 0 Å². The van der Waals surface area contributed by atoms with Crippen LogP contribution in [0, 0.1) is 0 Å². The zero-order valence-corrected chi connectivity index (χ0v) is 17.3. The Hall–Kier alpha value is -2.84. The molecule has 0 saturated heterocycles. The Morgan fingerprint density at radius 3 is 2.66 bits per heavy atom. The van der Waals surface area contributed by atoms with Crippen molar-refractivity contribution in [3.63, 3.8) is 0 Å². The molecule has 0 saturated carbocycles. The highest BCUT2D eigenvalue weighted by atomic mass is 32.2. The Bertz CT molecular complexity index is 1100.